The van der Waals surface area contributed by atoms with Crippen molar-refractivity contribution in [2.24, 2.45) is 7.05 Å². The zero-order chi connectivity index (χ0) is 15.7. The third kappa shape index (κ3) is 3.09. The van der Waals surface area contributed by atoms with Crippen molar-refractivity contribution in [1.82, 2.24) is 24.2 Å². The summed E-state index contributed by atoms with van der Waals surface area (Å²) >= 11 is 6.37. The second kappa shape index (κ2) is 6.36. The van der Waals surface area contributed by atoms with Gasteiger partial charge in [-0.25, -0.2) is 4.98 Å². The van der Waals surface area contributed by atoms with Gasteiger partial charge in [-0.05, 0) is 47.3 Å². The lowest BCUT2D eigenvalue weighted by molar-refractivity contribution is 0.356. The van der Waals surface area contributed by atoms with Gasteiger partial charge in [-0.3, -0.25) is 4.68 Å². The van der Waals surface area contributed by atoms with Gasteiger partial charge < -0.3 is 9.47 Å². The summed E-state index contributed by atoms with van der Waals surface area (Å²) in [6, 6.07) is 0.341. The number of hydrogen-bond donors (Lipinski definition) is 0. The maximum absolute atomic E-state index is 6.37. The lowest BCUT2D eigenvalue weighted by atomic mass is 10.2. The molecule has 0 aliphatic rings. The molecule has 6 heteroatoms. The van der Waals surface area contributed by atoms with Crippen molar-refractivity contribution in [3.63, 3.8) is 0 Å². The Morgan fingerprint density at radius 3 is 2.48 bits per heavy atom. The lowest BCUT2D eigenvalue weighted by Gasteiger charge is -2.20. The highest BCUT2D eigenvalue weighted by Crippen LogP contribution is 2.30. The first-order valence-electron chi connectivity index (χ1n) is 7.59. The number of fused-ring (bicyclic) bond motifs is 1. The van der Waals surface area contributed by atoms with Crippen molar-refractivity contribution in [2.45, 2.75) is 45.0 Å². The SMILES string of the molecule is CCc1nn(C)c2c1nc(C(C)Cl)n2C(C)CCN(C)C. The van der Waals surface area contributed by atoms with Crippen molar-refractivity contribution in [2.75, 3.05) is 20.6 Å². The monoisotopic (exact) mass is 311 g/mol. The largest absolute Gasteiger partial charge is 0.309 e. The molecule has 0 aliphatic carbocycles. The molecular weight excluding hydrogens is 286 g/mol. The van der Waals surface area contributed by atoms with Crippen molar-refractivity contribution < 1.29 is 0 Å². The van der Waals surface area contributed by atoms with Crippen LogP contribution >= 0.6 is 11.6 Å². The maximum atomic E-state index is 6.37. The molecule has 0 aromatic carbocycles. The summed E-state index contributed by atoms with van der Waals surface area (Å²) in [4.78, 5) is 6.99. The molecule has 0 saturated heterocycles. The molecule has 2 atom stereocenters. The molecule has 2 rings (SSSR count). The number of imidazole rings is 1. The van der Waals surface area contributed by atoms with Crippen LogP contribution in [0.25, 0.3) is 11.2 Å². The second-order valence-electron chi connectivity index (χ2n) is 5.99. The van der Waals surface area contributed by atoms with Gasteiger partial charge in [0.15, 0.2) is 5.65 Å². The van der Waals surface area contributed by atoms with Crippen molar-refractivity contribution in [3.8, 4) is 0 Å². The Kier molecular flexibility index (Phi) is 4.94. The average Bonchev–Trinajstić information content (AvgIpc) is 2.94. The number of alkyl halides is 1. The predicted octanol–water partition coefficient (Wildman–Crippen LogP) is 3.14. The van der Waals surface area contributed by atoms with Crippen LogP contribution < -0.4 is 0 Å². The maximum Gasteiger partial charge on any atom is 0.158 e. The van der Waals surface area contributed by atoms with Gasteiger partial charge in [0, 0.05) is 13.1 Å². The minimum Gasteiger partial charge on any atom is -0.309 e. The third-order valence-electron chi connectivity index (χ3n) is 3.89. The normalized spacial score (nSPS) is 15.0. The number of rotatable bonds is 6. The first-order chi connectivity index (χ1) is 9.86. The number of halogens is 1. The molecule has 118 valence electrons. The molecule has 0 saturated carbocycles. The summed E-state index contributed by atoms with van der Waals surface area (Å²) in [7, 11) is 6.18. The van der Waals surface area contributed by atoms with Crippen molar-refractivity contribution in [3.05, 3.63) is 11.5 Å². The van der Waals surface area contributed by atoms with E-state index in [0.717, 1.165) is 42.1 Å². The predicted molar refractivity (Wildman–Crippen MR) is 88.0 cm³/mol. The van der Waals surface area contributed by atoms with Gasteiger partial charge in [0.1, 0.15) is 11.3 Å². The van der Waals surface area contributed by atoms with E-state index in [1.165, 1.54) is 0 Å². The Morgan fingerprint density at radius 2 is 1.95 bits per heavy atom. The number of aromatic nitrogens is 4. The van der Waals surface area contributed by atoms with Gasteiger partial charge >= 0.3 is 0 Å². The molecule has 2 aromatic heterocycles. The van der Waals surface area contributed by atoms with Crippen LogP contribution in [0.4, 0.5) is 0 Å². The van der Waals surface area contributed by atoms with E-state index in [1.807, 2.05) is 18.7 Å². The number of nitrogens with zero attached hydrogens (tertiary/aromatic N) is 5. The van der Waals surface area contributed by atoms with Crippen LogP contribution in [0.5, 0.6) is 0 Å². The van der Waals surface area contributed by atoms with Crippen LogP contribution in [0.15, 0.2) is 0 Å². The molecule has 2 heterocycles. The highest BCUT2D eigenvalue weighted by atomic mass is 35.5. The van der Waals surface area contributed by atoms with E-state index in [9.17, 15) is 0 Å². The fourth-order valence-corrected chi connectivity index (χ4v) is 2.90. The highest BCUT2D eigenvalue weighted by molar-refractivity contribution is 6.20. The zero-order valence-electron chi connectivity index (χ0n) is 13.9. The van der Waals surface area contributed by atoms with Crippen LogP contribution in [0, 0.1) is 0 Å². The molecule has 0 bridgehead atoms. The Hall–Kier alpha value is -1.07. The fourth-order valence-electron chi connectivity index (χ4n) is 2.75. The molecule has 5 nitrogen and oxygen atoms in total. The third-order valence-corrected chi connectivity index (χ3v) is 4.08. The summed E-state index contributed by atoms with van der Waals surface area (Å²) < 4.78 is 4.21. The van der Waals surface area contributed by atoms with Gasteiger partial charge in [-0.1, -0.05) is 6.92 Å². The van der Waals surface area contributed by atoms with E-state index in [2.05, 4.69) is 42.5 Å². The fraction of sp³-hybridized carbons (Fsp3) is 0.733. The van der Waals surface area contributed by atoms with E-state index < -0.39 is 0 Å². The molecule has 0 spiro atoms. The molecule has 21 heavy (non-hydrogen) atoms. The Morgan fingerprint density at radius 1 is 1.29 bits per heavy atom. The van der Waals surface area contributed by atoms with Crippen LogP contribution in [0.1, 0.15) is 50.1 Å². The number of hydrogen-bond acceptors (Lipinski definition) is 3. The van der Waals surface area contributed by atoms with Crippen LogP contribution in [0.2, 0.25) is 0 Å². The average molecular weight is 312 g/mol. The van der Waals surface area contributed by atoms with Gasteiger partial charge in [0.2, 0.25) is 0 Å². The summed E-state index contributed by atoms with van der Waals surface area (Å²) in [5, 5.41) is 4.48. The van der Waals surface area contributed by atoms with Crippen LogP contribution in [-0.4, -0.2) is 44.9 Å². The summed E-state index contributed by atoms with van der Waals surface area (Å²) in [6.45, 7) is 7.36. The van der Waals surface area contributed by atoms with Crippen LogP contribution in [-0.2, 0) is 13.5 Å². The minimum atomic E-state index is -0.107. The minimum absolute atomic E-state index is 0.107. The smallest absolute Gasteiger partial charge is 0.158 e. The summed E-state index contributed by atoms with van der Waals surface area (Å²) in [6.07, 6.45) is 1.94. The topological polar surface area (TPSA) is 38.9 Å². The zero-order valence-corrected chi connectivity index (χ0v) is 14.6. The second-order valence-corrected chi connectivity index (χ2v) is 6.65. The van der Waals surface area contributed by atoms with E-state index >= 15 is 0 Å². The van der Waals surface area contributed by atoms with Gasteiger partial charge in [0.05, 0.1) is 11.1 Å². The standard InChI is InChI=1S/C15H26ClN5/c1-7-12-13-15(20(6)18-12)21(14(17-13)11(3)16)10(2)8-9-19(4)5/h10-11H,7-9H2,1-6H3. The van der Waals surface area contributed by atoms with Crippen molar-refractivity contribution >= 4 is 22.8 Å². The quantitative estimate of drug-likeness (QED) is 0.769. The molecular formula is C15H26ClN5. The molecule has 0 aliphatic heterocycles. The first kappa shape index (κ1) is 16.3. The molecule has 0 fully saturated rings. The Balaban J connectivity index is 2.53. The lowest BCUT2D eigenvalue weighted by Crippen LogP contribution is -2.19. The van der Waals surface area contributed by atoms with E-state index in [4.69, 9.17) is 16.6 Å². The van der Waals surface area contributed by atoms with E-state index in [1.54, 1.807) is 0 Å². The Bertz CT molecular complexity index is 611. The van der Waals surface area contributed by atoms with Gasteiger partial charge in [-0.2, -0.15) is 5.10 Å². The molecule has 2 aromatic rings. The molecule has 0 amide bonds. The molecule has 2 unspecified atom stereocenters. The summed E-state index contributed by atoms with van der Waals surface area (Å²) in [5.41, 5.74) is 3.13. The van der Waals surface area contributed by atoms with Crippen LogP contribution in [0.3, 0.4) is 0 Å². The highest BCUT2D eigenvalue weighted by Gasteiger charge is 2.23. The number of aryl methyl sites for hydroxylation is 2. The molecule has 0 N–H and O–H groups in total. The van der Waals surface area contributed by atoms with Gasteiger partial charge in [-0.15, -0.1) is 11.6 Å². The van der Waals surface area contributed by atoms with E-state index in [-0.39, 0.29) is 5.38 Å². The molecule has 0 radical (unpaired) electrons. The van der Waals surface area contributed by atoms with Crippen molar-refractivity contribution in [1.29, 1.82) is 0 Å². The van der Waals surface area contributed by atoms with E-state index in [0.29, 0.717) is 6.04 Å². The Labute approximate surface area is 131 Å². The first-order valence-corrected chi connectivity index (χ1v) is 8.02. The summed E-state index contributed by atoms with van der Waals surface area (Å²) in [5.74, 6) is 0.945. The van der Waals surface area contributed by atoms with Gasteiger partial charge in [0.25, 0.3) is 0 Å².